The fraction of sp³-hybridized carbons (Fsp3) is 0. The van der Waals surface area contributed by atoms with E-state index in [0.29, 0.717) is 5.89 Å². The van der Waals surface area contributed by atoms with E-state index in [1.54, 1.807) is 0 Å². The second-order valence-electron chi connectivity index (χ2n) is 11.6. The fourth-order valence-corrected chi connectivity index (χ4v) is 7.18. The van der Waals surface area contributed by atoms with Crippen molar-refractivity contribution in [2.45, 2.75) is 0 Å². The number of fused-ring (bicyclic) bond motifs is 3. The molecule has 10 rings (SSSR count). The second-order valence-corrected chi connectivity index (χ2v) is 11.6. The number of oxazole rings is 1. The van der Waals surface area contributed by atoms with Crippen LogP contribution in [0.5, 0.6) is 0 Å². The molecular weight excluding hydrogens is 550 g/mol. The van der Waals surface area contributed by atoms with Crippen LogP contribution in [0, 0.1) is 0 Å². The Hall–Kier alpha value is -6.13. The number of hydrogen-bond acceptors (Lipinski definition) is 4. The van der Waals surface area contributed by atoms with Gasteiger partial charge in [-0.3, -0.25) is 9.97 Å². The molecule has 45 heavy (non-hydrogen) atoms. The predicted octanol–water partition coefficient (Wildman–Crippen LogP) is 10.8. The molecule has 208 valence electrons. The third-order valence-corrected chi connectivity index (χ3v) is 9.22. The topological polar surface area (TPSA) is 51.8 Å². The fourth-order valence-electron chi connectivity index (χ4n) is 7.18. The van der Waals surface area contributed by atoms with Crippen molar-refractivity contribution in [1.82, 2.24) is 15.0 Å². The summed E-state index contributed by atoms with van der Waals surface area (Å²) in [7, 11) is 0. The second kappa shape index (κ2) is 9.18. The van der Waals surface area contributed by atoms with Crippen LogP contribution in [-0.4, -0.2) is 15.0 Å². The van der Waals surface area contributed by atoms with Gasteiger partial charge in [-0.15, -0.1) is 0 Å². The maximum atomic E-state index is 6.43. The Labute approximate surface area is 257 Å². The molecule has 7 aromatic carbocycles. The van der Waals surface area contributed by atoms with E-state index in [1.807, 2.05) is 49.1 Å². The minimum Gasteiger partial charge on any atom is -0.436 e. The van der Waals surface area contributed by atoms with Crippen LogP contribution in [0.2, 0.25) is 0 Å². The summed E-state index contributed by atoms with van der Waals surface area (Å²) in [5.74, 6) is 0.613. The Morgan fingerprint density at radius 1 is 0.400 bits per heavy atom. The Morgan fingerprint density at radius 3 is 1.76 bits per heavy atom. The molecule has 0 atom stereocenters. The standard InChI is InChI=1S/C41H23N3O/c1-3-9-27-25(7-1)20-42-22-35(27)29-15-13-24-14-16-31-33(36-23-43-21-26-8-2-4-10-28(26)36)19-34(32-18-17-30(29)39(24)40(31)32)41-44-37-11-5-6-12-38(37)45-41/h1-23H. The minimum absolute atomic E-state index is 0.613. The molecule has 4 heteroatoms. The molecule has 0 unspecified atom stereocenters. The first-order valence-corrected chi connectivity index (χ1v) is 15.1. The number of pyridine rings is 2. The first kappa shape index (κ1) is 24.3. The van der Waals surface area contributed by atoms with Crippen LogP contribution in [-0.2, 0) is 0 Å². The Kier molecular flexibility index (Phi) is 4.96. The number of para-hydroxylation sites is 2. The van der Waals surface area contributed by atoms with Gasteiger partial charge in [0.25, 0.3) is 0 Å². The van der Waals surface area contributed by atoms with Crippen LogP contribution >= 0.6 is 0 Å². The van der Waals surface area contributed by atoms with Gasteiger partial charge in [0.2, 0.25) is 5.89 Å². The smallest absolute Gasteiger partial charge is 0.227 e. The highest BCUT2D eigenvalue weighted by Gasteiger charge is 2.22. The van der Waals surface area contributed by atoms with Gasteiger partial charge < -0.3 is 4.42 Å². The molecule has 0 fully saturated rings. The van der Waals surface area contributed by atoms with Gasteiger partial charge in [0, 0.05) is 52.3 Å². The Balaban J connectivity index is 1.37. The van der Waals surface area contributed by atoms with Gasteiger partial charge in [0.1, 0.15) is 5.52 Å². The van der Waals surface area contributed by atoms with Crippen LogP contribution in [0.3, 0.4) is 0 Å². The zero-order valence-corrected chi connectivity index (χ0v) is 24.0. The largest absolute Gasteiger partial charge is 0.436 e. The quantitative estimate of drug-likeness (QED) is 0.197. The number of rotatable bonds is 3. The molecule has 10 aromatic rings. The molecule has 0 N–H and O–H groups in total. The molecule has 3 heterocycles. The van der Waals surface area contributed by atoms with Gasteiger partial charge in [-0.1, -0.05) is 97.1 Å². The molecule has 0 saturated carbocycles. The molecule has 0 saturated heterocycles. The summed E-state index contributed by atoms with van der Waals surface area (Å²) < 4.78 is 6.43. The van der Waals surface area contributed by atoms with Crippen LogP contribution in [0.1, 0.15) is 0 Å². The third kappa shape index (κ3) is 3.51. The van der Waals surface area contributed by atoms with Crippen molar-refractivity contribution in [3.8, 4) is 33.7 Å². The van der Waals surface area contributed by atoms with Gasteiger partial charge in [-0.25, -0.2) is 4.98 Å². The van der Waals surface area contributed by atoms with E-state index < -0.39 is 0 Å². The molecule has 0 amide bonds. The lowest BCUT2D eigenvalue weighted by atomic mass is 9.84. The maximum Gasteiger partial charge on any atom is 0.227 e. The lowest BCUT2D eigenvalue weighted by Gasteiger charge is -2.19. The van der Waals surface area contributed by atoms with Gasteiger partial charge in [0.05, 0.1) is 0 Å². The van der Waals surface area contributed by atoms with Crippen LogP contribution < -0.4 is 0 Å². The summed E-state index contributed by atoms with van der Waals surface area (Å²) in [4.78, 5) is 14.3. The summed E-state index contributed by atoms with van der Waals surface area (Å²) in [6, 6.07) is 40.6. The minimum atomic E-state index is 0.613. The van der Waals surface area contributed by atoms with E-state index >= 15 is 0 Å². The van der Waals surface area contributed by atoms with Crippen molar-refractivity contribution in [3.63, 3.8) is 0 Å². The number of nitrogens with zero attached hydrogens (tertiary/aromatic N) is 3. The van der Waals surface area contributed by atoms with E-state index in [9.17, 15) is 0 Å². The molecule has 0 radical (unpaired) electrons. The predicted molar refractivity (Wildman–Crippen MR) is 185 cm³/mol. The van der Waals surface area contributed by atoms with Crippen LogP contribution in [0.4, 0.5) is 0 Å². The lowest BCUT2D eigenvalue weighted by molar-refractivity contribution is 0.620. The van der Waals surface area contributed by atoms with Gasteiger partial charge in [-0.2, -0.15) is 0 Å². The van der Waals surface area contributed by atoms with Gasteiger partial charge in [0.15, 0.2) is 5.58 Å². The van der Waals surface area contributed by atoms with Crippen molar-refractivity contribution in [3.05, 3.63) is 140 Å². The highest BCUT2D eigenvalue weighted by atomic mass is 16.3. The molecule has 4 nitrogen and oxygen atoms in total. The zero-order valence-electron chi connectivity index (χ0n) is 24.0. The zero-order chi connectivity index (χ0) is 29.5. The lowest BCUT2D eigenvalue weighted by Crippen LogP contribution is -1.94. The van der Waals surface area contributed by atoms with Crippen molar-refractivity contribution in [2.24, 2.45) is 0 Å². The number of aromatic nitrogens is 3. The van der Waals surface area contributed by atoms with Crippen molar-refractivity contribution >= 4 is 65.0 Å². The first-order valence-electron chi connectivity index (χ1n) is 15.1. The van der Waals surface area contributed by atoms with Crippen LogP contribution in [0.15, 0.2) is 144 Å². The third-order valence-electron chi connectivity index (χ3n) is 9.22. The summed E-state index contributed by atoms with van der Waals surface area (Å²) in [5.41, 5.74) is 7.07. The molecular formula is C41H23N3O. The summed E-state index contributed by atoms with van der Waals surface area (Å²) in [6.07, 6.45) is 7.84. The monoisotopic (exact) mass is 573 g/mol. The highest BCUT2D eigenvalue weighted by Crippen LogP contribution is 2.47. The average Bonchev–Trinajstić information content (AvgIpc) is 3.54. The number of benzene rings is 7. The average molecular weight is 574 g/mol. The SMILES string of the molecule is c1ccc2c(-c3ccc4ccc5c(-c6cncc7ccccc67)cc(-c6nc7ccccc7o6)c6ccc3c4c65)cncc2c1. The molecule has 0 aliphatic carbocycles. The van der Waals surface area contributed by atoms with E-state index in [2.05, 4.69) is 101 Å². The van der Waals surface area contributed by atoms with E-state index in [0.717, 1.165) is 54.9 Å². The Morgan fingerprint density at radius 2 is 1.00 bits per heavy atom. The Bertz CT molecular complexity index is 2730. The van der Waals surface area contributed by atoms with E-state index in [1.165, 1.54) is 37.9 Å². The molecule has 0 aliphatic heterocycles. The van der Waals surface area contributed by atoms with Gasteiger partial charge in [-0.05, 0) is 72.4 Å². The van der Waals surface area contributed by atoms with Crippen molar-refractivity contribution < 1.29 is 4.42 Å². The van der Waals surface area contributed by atoms with Crippen molar-refractivity contribution in [1.29, 1.82) is 0 Å². The van der Waals surface area contributed by atoms with Crippen molar-refractivity contribution in [2.75, 3.05) is 0 Å². The summed E-state index contributed by atoms with van der Waals surface area (Å²) in [5, 5.41) is 11.7. The highest BCUT2D eigenvalue weighted by molar-refractivity contribution is 6.30. The molecule has 0 aliphatic rings. The number of hydrogen-bond donors (Lipinski definition) is 0. The maximum absolute atomic E-state index is 6.43. The summed E-state index contributed by atoms with van der Waals surface area (Å²) in [6.45, 7) is 0. The van der Waals surface area contributed by atoms with Crippen LogP contribution in [0.25, 0.3) is 98.7 Å². The van der Waals surface area contributed by atoms with E-state index in [4.69, 9.17) is 9.40 Å². The van der Waals surface area contributed by atoms with E-state index in [-0.39, 0.29) is 0 Å². The molecule has 0 spiro atoms. The molecule has 0 bridgehead atoms. The summed E-state index contributed by atoms with van der Waals surface area (Å²) >= 11 is 0. The normalized spacial score (nSPS) is 12.0. The first-order chi connectivity index (χ1) is 22.3. The molecule has 3 aromatic heterocycles. The van der Waals surface area contributed by atoms with Gasteiger partial charge >= 0.3 is 0 Å².